The number of β-amino-alcohol motifs (C(OH)–C–C–N with tert-alkyl or cyclic N) is 1. The van der Waals surface area contributed by atoms with E-state index in [9.17, 15) is 14.3 Å². The van der Waals surface area contributed by atoms with Crippen molar-refractivity contribution >= 4 is 5.91 Å². The minimum Gasteiger partial charge on any atom is -0.387 e. The third kappa shape index (κ3) is 3.99. The maximum Gasteiger partial charge on any atom is 0.253 e. The van der Waals surface area contributed by atoms with Crippen molar-refractivity contribution in [2.24, 2.45) is 0 Å². The molecule has 1 saturated heterocycles. The Morgan fingerprint density at radius 2 is 1.62 bits per heavy atom. The van der Waals surface area contributed by atoms with Gasteiger partial charge in [-0.25, -0.2) is 4.39 Å². The molecule has 3 rings (SSSR count). The van der Waals surface area contributed by atoms with Gasteiger partial charge in [0.1, 0.15) is 5.82 Å². The molecule has 2 aromatic rings. The van der Waals surface area contributed by atoms with E-state index < -0.39 is 6.10 Å². The van der Waals surface area contributed by atoms with E-state index in [-0.39, 0.29) is 11.7 Å². The molecule has 0 radical (unpaired) electrons. The molecule has 1 N–H and O–H groups in total. The first-order chi connectivity index (χ1) is 11.6. The number of carbonyl (C=O) groups excluding carboxylic acids is 1. The van der Waals surface area contributed by atoms with Gasteiger partial charge in [-0.1, -0.05) is 30.3 Å². The molecule has 1 aliphatic rings. The van der Waals surface area contributed by atoms with Crippen molar-refractivity contribution < 1.29 is 14.3 Å². The number of aliphatic hydroxyl groups excluding tert-OH is 1. The second kappa shape index (κ2) is 7.55. The Labute approximate surface area is 141 Å². The molecule has 1 atom stereocenters. The number of hydrogen-bond acceptors (Lipinski definition) is 3. The lowest BCUT2D eigenvalue weighted by atomic mass is 10.1. The fourth-order valence-electron chi connectivity index (χ4n) is 2.93. The van der Waals surface area contributed by atoms with Crippen molar-refractivity contribution in [1.29, 1.82) is 0 Å². The Hall–Kier alpha value is -2.24. The van der Waals surface area contributed by atoms with Crippen LogP contribution < -0.4 is 0 Å². The van der Waals surface area contributed by atoms with Crippen LogP contribution in [0, 0.1) is 5.82 Å². The zero-order valence-corrected chi connectivity index (χ0v) is 13.4. The van der Waals surface area contributed by atoms with Crippen LogP contribution in [-0.2, 0) is 0 Å². The van der Waals surface area contributed by atoms with E-state index in [0.29, 0.717) is 25.2 Å². The molecular formula is C19H21FN2O2. The second-order valence-electron chi connectivity index (χ2n) is 6.03. The van der Waals surface area contributed by atoms with E-state index in [2.05, 4.69) is 4.90 Å². The van der Waals surface area contributed by atoms with Gasteiger partial charge in [-0.3, -0.25) is 9.69 Å². The molecule has 126 valence electrons. The molecule has 0 aliphatic carbocycles. The molecule has 0 aromatic heterocycles. The topological polar surface area (TPSA) is 43.8 Å². The van der Waals surface area contributed by atoms with E-state index in [1.165, 1.54) is 24.3 Å². The van der Waals surface area contributed by atoms with Crippen LogP contribution in [-0.4, -0.2) is 53.5 Å². The lowest BCUT2D eigenvalue weighted by Gasteiger charge is -2.35. The first-order valence-electron chi connectivity index (χ1n) is 8.14. The quantitative estimate of drug-likeness (QED) is 0.937. The van der Waals surface area contributed by atoms with Crippen molar-refractivity contribution in [3.8, 4) is 0 Å². The standard InChI is InChI=1S/C19H21FN2O2/c20-17-8-6-16(7-9-17)19(24)22-12-10-21(11-13-22)14-18(23)15-4-2-1-3-5-15/h1-9,18,23H,10-14H2/t18-/m0/s1. The number of carbonyl (C=O) groups is 1. The molecular weight excluding hydrogens is 307 g/mol. The highest BCUT2D eigenvalue weighted by atomic mass is 19.1. The van der Waals surface area contributed by atoms with Crippen LogP contribution in [0.5, 0.6) is 0 Å². The normalized spacial score (nSPS) is 16.8. The minimum atomic E-state index is -0.523. The number of rotatable bonds is 4. The van der Waals surface area contributed by atoms with E-state index >= 15 is 0 Å². The molecule has 5 heteroatoms. The van der Waals surface area contributed by atoms with Crippen LogP contribution in [0.3, 0.4) is 0 Å². The van der Waals surface area contributed by atoms with Crippen LogP contribution in [0.2, 0.25) is 0 Å². The van der Waals surface area contributed by atoms with Crippen LogP contribution in [0.25, 0.3) is 0 Å². The highest BCUT2D eigenvalue weighted by Gasteiger charge is 2.23. The molecule has 0 bridgehead atoms. The molecule has 0 spiro atoms. The maximum atomic E-state index is 12.9. The largest absolute Gasteiger partial charge is 0.387 e. The van der Waals surface area contributed by atoms with E-state index in [0.717, 1.165) is 18.7 Å². The number of halogens is 1. The number of hydrogen-bond donors (Lipinski definition) is 1. The van der Waals surface area contributed by atoms with Gasteiger partial charge < -0.3 is 10.0 Å². The van der Waals surface area contributed by atoms with Gasteiger partial charge in [-0.05, 0) is 29.8 Å². The van der Waals surface area contributed by atoms with Gasteiger partial charge in [0.05, 0.1) is 6.10 Å². The van der Waals surface area contributed by atoms with Crippen molar-refractivity contribution in [1.82, 2.24) is 9.80 Å². The number of nitrogens with zero attached hydrogens (tertiary/aromatic N) is 2. The molecule has 4 nitrogen and oxygen atoms in total. The Morgan fingerprint density at radius 3 is 2.25 bits per heavy atom. The van der Waals surface area contributed by atoms with Crippen molar-refractivity contribution in [3.05, 3.63) is 71.5 Å². The first-order valence-corrected chi connectivity index (χ1v) is 8.14. The molecule has 1 aliphatic heterocycles. The molecule has 1 fully saturated rings. The van der Waals surface area contributed by atoms with Gasteiger partial charge >= 0.3 is 0 Å². The fraction of sp³-hybridized carbons (Fsp3) is 0.316. The zero-order valence-electron chi connectivity index (χ0n) is 13.4. The van der Waals surface area contributed by atoms with Crippen molar-refractivity contribution in [2.75, 3.05) is 32.7 Å². The summed E-state index contributed by atoms with van der Waals surface area (Å²) in [4.78, 5) is 16.3. The second-order valence-corrected chi connectivity index (χ2v) is 6.03. The number of amides is 1. The number of benzene rings is 2. The van der Waals surface area contributed by atoms with Gasteiger partial charge in [0.2, 0.25) is 0 Å². The SMILES string of the molecule is O=C(c1ccc(F)cc1)N1CCN(C[C@H](O)c2ccccc2)CC1. The van der Waals surface area contributed by atoms with Crippen molar-refractivity contribution in [3.63, 3.8) is 0 Å². The van der Waals surface area contributed by atoms with E-state index in [4.69, 9.17) is 0 Å². The summed E-state index contributed by atoms with van der Waals surface area (Å²) in [5, 5.41) is 10.3. The summed E-state index contributed by atoms with van der Waals surface area (Å²) in [7, 11) is 0. The molecule has 24 heavy (non-hydrogen) atoms. The van der Waals surface area contributed by atoms with E-state index in [1.807, 2.05) is 30.3 Å². The van der Waals surface area contributed by atoms with Gasteiger partial charge in [-0.2, -0.15) is 0 Å². The Balaban J connectivity index is 1.52. The summed E-state index contributed by atoms with van der Waals surface area (Å²) < 4.78 is 12.9. The van der Waals surface area contributed by atoms with Gasteiger partial charge in [0.15, 0.2) is 0 Å². The van der Waals surface area contributed by atoms with E-state index in [1.54, 1.807) is 4.90 Å². The summed E-state index contributed by atoms with van der Waals surface area (Å²) in [6.07, 6.45) is -0.523. The molecule has 0 saturated carbocycles. The Kier molecular flexibility index (Phi) is 5.23. The highest BCUT2D eigenvalue weighted by molar-refractivity contribution is 5.94. The molecule has 1 amide bonds. The van der Waals surface area contributed by atoms with Gasteiger partial charge in [0, 0.05) is 38.3 Å². The lowest BCUT2D eigenvalue weighted by Crippen LogP contribution is -2.49. The molecule has 1 heterocycles. The van der Waals surface area contributed by atoms with Gasteiger partial charge in [0.25, 0.3) is 5.91 Å². The summed E-state index contributed by atoms with van der Waals surface area (Å²) >= 11 is 0. The van der Waals surface area contributed by atoms with Crippen LogP contribution in [0.1, 0.15) is 22.0 Å². The summed E-state index contributed by atoms with van der Waals surface area (Å²) in [5.41, 5.74) is 1.41. The maximum absolute atomic E-state index is 12.9. The third-order valence-electron chi connectivity index (χ3n) is 4.37. The van der Waals surface area contributed by atoms with Crippen LogP contribution in [0.4, 0.5) is 4.39 Å². The van der Waals surface area contributed by atoms with Crippen LogP contribution >= 0.6 is 0 Å². The Bertz CT molecular complexity index is 668. The average Bonchev–Trinajstić information content (AvgIpc) is 2.63. The third-order valence-corrected chi connectivity index (χ3v) is 4.37. The predicted molar refractivity (Wildman–Crippen MR) is 90.1 cm³/mol. The highest BCUT2D eigenvalue weighted by Crippen LogP contribution is 2.16. The minimum absolute atomic E-state index is 0.0711. The first kappa shape index (κ1) is 16.6. The van der Waals surface area contributed by atoms with Crippen molar-refractivity contribution in [2.45, 2.75) is 6.10 Å². The fourth-order valence-corrected chi connectivity index (χ4v) is 2.93. The summed E-state index contributed by atoms with van der Waals surface area (Å²) in [5.74, 6) is -0.412. The Morgan fingerprint density at radius 1 is 1.00 bits per heavy atom. The summed E-state index contributed by atoms with van der Waals surface area (Å²) in [6, 6.07) is 15.2. The number of aliphatic hydroxyl groups is 1. The average molecular weight is 328 g/mol. The monoisotopic (exact) mass is 328 g/mol. The summed E-state index contributed by atoms with van der Waals surface area (Å²) in [6.45, 7) is 3.21. The molecule has 0 unspecified atom stereocenters. The van der Waals surface area contributed by atoms with Gasteiger partial charge in [-0.15, -0.1) is 0 Å². The number of piperazine rings is 1. The van der Waals surface area contributed by atoms with Crippen LogP contribution in [0.15, 0.2) is 54.6 Å². The zero-order chi connectivity index (χ0) is 16.9. The smallest absolute Gasteiger partial charge is 0.253 e. The lowest BCUT2D eigenvalue weighted by molar-refractivity contribution is 0.0527. The predicted octanol–water partition coefficient (Wildman–Crippen LogP) is 2.32. The molecule has 2 aromatic carbocycles.